The third kappa shape index (κ3) is 2.69. The van der Waals surface area contributed by atoms with Gasteiger partial charge in [-0.1, -0.05) is 43.1 Å². The molecule has 1 aliphatic heterocycles. The number of alkyl halides is 1. The van der Waals surface area contributed by atoms with Gasteiger partial charge in [0.2, 0.25) is 5.91 Å². The fourth-order valence-electron chi connectivity index (χ4n) is 2.92. The van der Waals surface area contributed by atoms with Crippen molar-refractivity contribution >= 4 is 21.8 Å². The molecule has 0 aromatic heterocycles. The van der Waals surface area contributed by atoms with Gasteiger partial charge in [-0.25, -0.2) is 0 Å². The molecule has 1 saturated heterocycles. The molecular weight excluding hydrogens is 278 g/mol. The number of nitrogens with zero attached hydrogens (tertiary/aromatic N) is 1. The van der Waals surface area contributed by atoms with Gasteiger partial charge < -0.3 is 4.90 Å². The maximum absolute atomic E-state index is 12.1. The number of carbonyl (C=O) groups is 1. The van der Waals surface area contributed by atoms with Crippen molar-refractivity contribution in [1.82, 2.24) is 4.90 Å². The summed E-state index contributed by atoms with van der Waals surface area (Å²) in [6.45, 7) is 8.69. The smallest absolute Gasteiger partial charge is 0.222 e. The standard InChI is InChI=1S/C14H24BrNO/c1-13(2,3)11-7-12(17)16(8-11)10-14(9-15)5-4-6-14/h11H,4-10H2,1-3H3. The van der Waals surface area contributed by atoms with Gasteiger partial charge in [0.15, 0.2) is 0 Å². The fourth-order valence-corrected chi connectivity index (χ4v) is 3.66. The molecule has 2 nitrogen and oxygen atoms in total. The zero-order valence-electron chi connectivity index (χ0n) is 11.3. The molecule has 3 heteroatoms. The molecule has 0 radical (unpaired) electrons. The highest BCUT2D eigenvalue weighted by atomic mass is 79.9. The van der Waals surface area contributed by atoms with Gasteiger partial charge >= 0.3 is 0 Å². The summed E-state index contributed by atoms with van der Waals surface area (Å²) in [5, 5.41) is 1.05. The van der Waals surface area contributed by atoms with Gasteiger partial charge in [-0.05, 0) is 29.6 Å². The van der Waals surface area contributed by atoms with E-state index in [1.807, 2.05) is 0 Å². The predicted molar refractivity (Wildman–Crippen MR) is 74.2 cm³/mol. The second kappa shape index (κ2) is 4.56. The van der Waals surface area contributed by atoms with E-state index in [-0.39, 0.29) is 5.41 Å². The van der Waals surface area contributed by atoms with Crippen LogP contribution < -0.4 is 0 Å². The summed E-state index contributed by atoms with van der Waals surface area (Å²) < 4.78 is 0. The summed E-state index contributed by atoms with van der Waals surface area (Å²) in [6.07, 6.45) is 4.64. The first-order valence-electron chi connectivity index (χ1n) is 6.70. The van der Waals surface area contributed by atoms with E-state index in [0.29, 0.717) is 17.2 Å². The average molecular weight is 302 g/mol. The zero-order chi connectivity index (χ0) is 12.7. The Morgan fingerprint density at radius 1 is 1.41 bits per heavy atom. The molecule has 2 fully saturated rings. The van der Waals surface area contributed by atoms with Crippen LogP contribution in [-0.2, 0) is 4.79 Å². The summed E-state index contributed by atoms with van der Waals surface area (Å²) in [4.78, 5) is 14.2. The van der Waals surface area contributed by atoms with Crippen LogP contribution in [-0.4, -0.2) is 29.2 Å². The second-order valence-corrected chi connectivity index (χ2v) is 7.59. The van der Waals surface area contributed by atoms with E-state index < -0.39 is 0 Å². The van der Waals surface area contributed by atoms with Crippen molar-refractivity contribution in [3.8, 4) is 0 Å². The minimum Gasteiger partial charge on any atom is -0.342 e. The Kier molecular flexibility index (Phi) is 3.59. The van der Waals surface area contributed by atoms with Crippen molar-refractivity contribution < 1.29 is 4.79 Å². The third-order valence-corrected chi connectivity index (χ3v) is 5.85. The van der Waals surface area contributed by atoms with Gasteiger partial charge in [0, 0.05) is 24.8 Å². The van der Waals surface area contributed by atoms with Crippen LogP contribution >= 0.6 is 15.9 Å². The fraction of sp³-hybridized carbons (Fsp3) is 0.929. The lowest BCUT2D eigenvalue weighted by atomic mass is 9.70. The van der Waals surface area contributed by atoms with Gasteiger partial charge in [0.05, 0.1) is 0 Å². The molecule has 98 valence electrons. The molecule has 1 aliphatic carbocycles. The van der Waals surface area contributed by atoms with Crippen LogP contribution in [0.2, 0.25) is 0 Å². The number of hydrogen-bond acceptors (Lipinski definition) is 1. The zero-order valence-corrected chi connectivity index (χ0v) is 12.8. The van der Waals surface area contributed by atoms with Crippen LogP contribution in [0.5, 0.6) is 0 Å². The first-order valence-corrected chi connectivity index (χ1v) is 7.82. The van der Waals surface area contributed by atoms with Crippen molar-refractivity contribution in [3.05, 3.63) is 0 Å². The summed E-state index contributed by atoms with van der Waals surface area (Å²) in [7, 11) is 0. The van der Waals surface area contributed by atoms with Crippen molar-refractivity contribution in [1.29, 1.82) is 0 Å². The molecule has 1 unspecified atom stereocenters. The van der Waals surface area contributed by atoms with E-state index in [1.54, 1.807) is 0 Å². The van der Waals surface area contributed by atoms with Crippen LogP contribution in [0.3, 0.4) is 0 Å². The van der Waals surface area contributed by atoms with Gasteiger partial charge in [0.1, 0.15) is 0 Å². The van der Waals surface area contributed by atoms with Crippen molar-refractivity contribution in [3.63, 3.8) is 0 Å². The Bertz CT molecular complexity index is 298. The normalized spacial score (nSPS) is 28.4. The SMILES string of the molecule is CC(C)(C)C1CC(=O)N(CC2(CBr)CCC2)C1. The molecule has 0 spiro atoms. The summed E-state index contributed by atoms with van der Waals surface area (Å²) >= 11 is 3.63. The molecule has 2 aliphatic rings. The number of halogens is 1. The Hall–Kier alpha value is -0.0500. The Labute approximate surface area is 113 Å². The number of rotatable bonds is 3. The molecule has 0 aromatic rings. The van der Waals surface area contributed by atoms with Gasteiger partial charge in [-0.3, -0.25) is 4.79 Å². The van der Waals surface area contributed by atoms with Gasteiger partial charge in [-0.15, -0.1) is 0 Å². The highest BCUT2D eigenvalue weighted by Gasteiger charge is 2.43. The highest BCUT2D eigenvalue weighted by Crippen LogP contribution is 2.44. The van der Waals surface area contributed by atoms with Crippen molar-refractivity contribution in [2.45, 2.75) is 46.5 Å². The topological polar surface area (TPSA) is 20.3 Å². The molecule has 17 heavy (non-hydrogen) atoms. The first-order chi connectivity index (χ1) is 7.86. The average Bonchev–Trinajstić information content (AvgIpc) is 2.53. The molecule has 0 aromatic carbocycles. The quantitative estimate of drug-likeness (QED) is 0.731. The van der Waals surface area contributed by atoms with E-state index in [4.69, 9.17) is 0 Å². The molecule has 0 bridgehead atoms. The number of carbonyl (C=O) groups excluding carboxylic acids is 1. The van der Waals surface area contributed by atoms with Crippen molar-refractivity contribution in [2.75, 3.05) is 18.4 Å². The van der Waals surface area contributed by atoms with Crippen LogP contribution in [0.4, 0.5) is 0 Å². The molecule has 2 rings (SSSR count). The summed E-state index contributed by atoms with van der Waals surface area (Å²) in [6, 6.07) is 0. The van der Waals surface area contributed by atoms with Crippen LogP contribution in [0.15, 0.2) is 0 Å². The monoisotopic (exact) mass is 301 g/mol. The minimum absolute atomic E-state index is 0.256. The van der Waals surface area contributed by atoms with E-state index in [2.05, 4.69) is 41.6 Å². The van der Waals surface area contributed by atoms with Crippen LogP contribution in [0.25, 0.3) is 0 Å². The highest BCUT2D eigenvalue weighted by molar-refractivity contribution is 9.09. The van der Waals surface area contributed by atoms with E-state index in [9.17, 15) is 4.79 Å². The summed E-state index contributed by atoms with van der Waals surface area (Å²) in [5.41, 5.74) is 0.647. The van der Waals surface area contributed by atoms with Crippen molar-refractivity contribution in [2.24, 2.45) is 16.7 Å². The van der Waals surface area contributed by atoms with Gasteiger partial charge in [0.25, 0.3) is 0 Å². The lowest BCUT2D eigenvalue weighted by Crippen LogP contribution is -2.44. The number of hydrogen-bond donors (Lipinski definition) is 0. The maximum Gasteiger partial charge on any atom is 0.222 e. The Balaban J connectivity index is 1.97. The van der Waals surface area contributed by atoms with E-state index in [0.717, 1.165) is 24.8 Å². The van der Waals surface area contributed by atoms with Gasteiger partial charge in [-0.2, -0.15) is 0 Å². The molecule has 1 heterocycles. The number of likely N-dealkylation sites (tertiary alicyclic amines) is 1. The molecule has 1 saturated carbocycles. The molecule has 1 amide bonds. The van der Waals surface area contributed by atoms with Crippen LogP contribution in [0.1, 0.15) is 46.5 Å². The molecule has 1 atom stereocenters. The Morgan fingerprint density at radius 3 is 2.41 bits per heavy atom. The number of amides is 1. The predicted octanol–water partition coefficient (Wildman–Crippen LogP) is 3.45. The second-order valence-electron chi connectivity index (χ2n) is 7.03. The van der Waals surface area contributed by atoms with E-state index in [1.165, 1.54) is 19.3 Å². The first kappa shape index (κ1) is 13.4. The Morgan fingerprint density at radius 2 is 2.06 bits per heavy atom. The third-order valence-electron chi connectivity index (χ3n) is 4.66. The maximum atomic E-state index is 12.1. The minimum atomic E-state index is 0.256. The van der Waals surface area contributed by atoms with E-state index >= 15 is 0 Å². The molecule has 0 N–H and O–H groups in total. The lowest BCUT2D eigenvalue weighted by molar-refractivity contribution is -0.129. The lowest BCUT2D eigenvalue weighted by Gasteiger charge is -2.43. The summed E-state index contributed by atoms with van der Waals surface area (Å²) in [5.74, 6) is 0.902. The largest absolute Gasteiger partial charge is 0.342 e. The molecular formula is C14H24BrNO. The van der Waals surface area contributed by atoms with Crippen LogP contribution in [0, 0.1) is 16.7 Å².